The van der Waals surface area contributed by atoms with Gasteiger partial charge in [0.25, 0.3) is 0 Å². The number of hydrogen-bond acceptors (Lipinski definition) is 3. The molecule has 6 heteroatoms. The summed E-state index contributed by atoms with van der Waals surface area (Å²) in [5, 5.41) is 5.11. The molecule has 0 amide bonds. The summed E-state index contributed by atoms with van der Waals surface area (Å²) in [6.45, 7) is 4.93. The van der Waals surface area contributed by atoms with E-state index in [1.807, 2.05) is 29.8 Å². The Bertz CT molecular complexity index is 597. The number of aromatic nitrogens is 2. The Morgan fingerprint density at radius 1 is 1.50 bits per heavy atom. The molecule has 3 N–H and O–H groups in total. The Labute approximate surface area is 132 Å². The fraction of sp³-hybridized carbons (Fsp3) is 0.357. The summed E-state index contributed by atoms with van der Waals surface area (Å²) >= 11 is 9.97. The van der Waals surface area contributed by atoms with Gasteiger partial charge in [0, 0.05) is 11.6 Å². The molecule has 2 aromatic rings. The van der Waals surface area contributed by atoms with Gasteiger partial charge in [-0.15, -0.1) is 0 Å². The Morgan fingerprint density at radius 3 is 2.90 bits per heavy atom. The monoisotopic (exact) mass is 356 g/mol. The third-order valence-electron chi connectivity index (χ3n) is 3.24. The molecule has 0 aliphatic carbocycles. The molecule has 4 nitrogen and oxygen atoms in total. The van der Waals surface area contributed by atoms with Gasteiger partial charge < -0.3 is 0 Å². The van der Waals surface area contributed by atoms with Gasteiger partial charge in [-0.25, -0.2) is 5.43 Å². The zero-order valence-corrected chi connectivity index (χ0v) is 13.9. The molecular weight excluding hydrogens is 340 g/mol. The molecule has 0 aliphatic heterocycles. The van der Waals surface area contributed by atoms with Crippen molar-refractivity contribution in [1.29, 1.82) is 0 Å². The van der Waals surface area contributed by atoms with Crippen LogP contribution in [0.15, 0.2) is 28.9 Å². The molecule has 1 atom stereocenters. The predicted molar refractivity (Wildman–Crippen MR) is 85.6 cm³/mol. The number of nitrogens with two attached hydrogens (primary N) is 1. The third kappa shape index (κ3) is 2.91. The van der Waals surface area contributed by atoms with Gasteiger partial charge in [-0.2, -0.15) is 5.10 Å². The van der Waals surface area contributed by atoms with Crippen molar-refractivity contribution < 1.29 is 0 Å². The maximum absolute atomic E-state index is 6.42. The van der Waals surface area contributed by atoms with Gasteiger partial charge in [-0.05, 0) is 40.4 Å². The molecule has 20 heavy (non-hydrogen) atoms. The molecule has 2 rings (SSSR count). The number of benzene rings is 1. The number of hydrazine groups is 1. The fourth-order valence-corrected chi connectivity index (χ4v) is 3.02. The summed E-state index contributed by atoms with van der Waals surface area (Å²) in [6, 6.07) is 5.74. The molecule has 0 fully saturated rings. The highest BCUT2D eigenvalue weighted by molar-refractivity contribution is 9.10. The molecule has 1 aromatic carbocycles. The van der Waals surface area contributed by atoms with Crippen LogP contribution in [0.5, 0.6) is 0 Å². The van der Waals surface area contributed by atoms with Crippen LogP contribution in [0.2, 0.25) is 5.02 Å². The number of nitrogens with one attached hydrogen (secondary N) is 1. The molecule has 0 saturated carbocycles. The van der Waals surface area contributed by atoms with E-state index < -0.39 is 0 Å². The van der Waals surface area contributed by atoms with Crippen LogP contribution in [0.1, 0.15) is 36.2 Å². The van der Waals surface area contributed by atoms with Crippen molar-refractivity contribution in [2.45, 2.75) is 32.9 Å². The van der Waals surface area contributed by atoms with E-state index in [0.717, 1.165) is 39.3 Å². The average Bonchev–Trinajstić information content (AvgIpc) is 2.78. The smallest absolute Gasteiger partial charge is 0.0904 e. The minimum atomic E-state index is -0.203. The van der Waals surface area contributed by atoms with Crippen LogP contribution in [0.4, 0.5) is 0 Å². The molecule has 0 bridgehead atoms. The quantitative estimate of drug-likeness (QED) is 0.635. The van der Waals surface area contributed by atoms with Crippen molar-refractivity contribution in [3.8, 4) is 0 Å². The number of rotatable bonds is 5. The van der Waals surface area contributed by atoms with E-state index in [2.05, 4.69) is 33.4 Å². The fourth-order valence-electron chi connectivity index (χ4n) is 2.26. The number of aryl methyl sites for hydroxylation is 2. The van der Waals surface area contributed by atoms with Crippen molar-refractivity contribution in [2.75, 3.05) is 0 Å². The van der Waals surface area contributed by atoms with Gasteiger partial charge in [0.2, 0.25) is 0 Å². The maximum Gasteiger partial charge on any atom is 0.0904 e. The molecular formula is C14H18BrClN4. The van der Waals surface area contributed by atoms with E-state index >= 15 is 0 Å². The van der Waals surface area contributed by atoms with E-state index in [-0.39, 0.29) is 6.04 Å². The SMILES string of the molecule is CCCn1ncc(Br)c1C(NN)c1cccc(C)c1Cl. The van der Waals surface area contributed by atoms with E-state index in [1.54, 1.807) is 6.20 Å². The zero-order valence-electron chi connectivity index (χ0n) is 11.5. The number of halogens is 2. The Kier molecular flexibility index (Phi) is 5.21. The molecule has 0 aliphatic rings. The lowest BCUT2D eigenvalue weighted by atomic mass is 10.0. The molecule has 0 spiro atoms. The highest BCUT2D eigenvalue weighted by Gasteiger charge is 2.23. The van der Waals surface area contributed by atoms with Gasteiger partial charge in [0.15, 0.2) is 0 Å². The van der Waals surface area contributed by atoms with Crippen LogP contribution in [0, 0.1) is 6.92 Å². The van der Waals surface area contributed by atoms with Crippen LogP contribution >= 0.6 is 27.5 Å². The molecule has 0 saturated heterocycles. The van der Waals surface area contributed by atoms with E-state index in [4.69, 9.17) is 17.4 Å². The van der Waals surface area contributed by atoms with Gasteiger partial charge in [-0.1, -0.05) is 36.7 Å². The Morgan fingerprint density at radius 2 is 2.25 bits per heavy atom. The largest absolute Gasteiger partial charge is 0.271 e. The zero-order chi connectivity index (χ0) is 14.7. The van der Waals surface area contributed by atoms with Crippen molar-refractivity contribution in [3.05, 3.63) is 50.7 Å². The van der Waals surface area contributed by atoms with Gasteiger partial charge >= 0.3 is 0 Å². The lowest BCUT2D eigenvalue weighted by Crippen LogP contribution is -2.31. The number of hydrogen-bond donors (Lipinski definition) is 2. The second kappa shape index (κ2) is 6.72. The minimum Gasteiger partial charge on any atom is -0.271 e. The Hall–Kier alpha value is -0.880. The second-order valence-corrected chi connectivity index (χ2v) is 5.91. The van der Waals surface area contributed by atoms with Crippen LogP contribution in [-0.4, -0.2) is 9.78 Å². The molecule has 1 heterocycles. The first kappa shape index (κ1) is 15.5. The topological polar surface area (TPSA) is 55.9 Å². The highest BCUT2D eigenvalue weighted by Crippen LogP contribution is 2.33. The normalized spacial score (nSPS) is 12.7. The first-order chi connectivity index (χ1) is 9.60. The third-order valence-corrected chi connectivity index (χ3v) is 4.37. The van der Waals surface area contributed by atoms with Crippen LogP contribution in [0.3, 0.4) is 0 Å². The summed E-state index contributed by atoms with van der Waals surface area (Å²) in [7, 11) is 0. The van der Waals surface area contributed by atoms with Crippen LogP contribution < -0.4 is 11.3 Å². The Balaban J connectivity index is 2.52. The molecule has 1 unspecified atom stereocenters. The van der Waals surface area contributed by atoms with E-state index in [9.17, 15) is 0 Å². The van der Waals surface area contributed by atoms with Crippen molar-refractivity contribution >= 4 is 27.5 Å². The lowest BCUT2D eigenvalue weighted by Gasteiger charge is -2.20. The van der Waals surface area contributed by atoms with Crippen molar-refractivity contribution in [1.82, 2.24) is 15.2 Å². The lowest BCUT2D eigenvalue weighted by molar-refractivity contribution is 0.519. The highest BCUT2D eigenvalue weighted by atomic mass is 79.9. The predicted octanol–water partition coefficient (Wildman–Crippen LogP) is 3.57. The minimum absolute atomic E-state index is 0.203. The molecule has 0 radical (unpaired) electrons. The van der Waals surface area contributed by atoms with Crippen molar-refractivity contribution in [2.24, 2.45) is 5.84 Å². The summed E-state index contributed by atoms with van der Waals surface area (Å²) in [4.78, 5) is 0. The standard InChI is InChI=1S/C14H18BrClN4/c1-3-7-20-14(11(15)8-18-20)13(19-17)10-6-4-5-9(2)12(10)16/h4-6,8,13,19H,3,7,17H2,1-2H3. The van der Waals surface area contributed by atoms with E-state index in [0.29, 0.717) is 0 Å². The number of nitrogens with zero attached hydrogens (tertiary/aromatic N) is 2. The molecule has 108 valence electrons. The van der Waals surface area contributed by atoms with Gasteiger partial charge in [0.1, 0.15) is 0 Å². The first-order valence-electron chi connectivity index (χ1n) is 6.52. The summed E-state index contributed by atoms with van der Waals surface area (Å²) in [6.07, 6.45) is 2.79. The van der Waals surface area contributed by atoms with Gasteiger partial charge in [-0.3, -0.25) is 10.5 Å². The first-order valence-corrected chi connectivity index (χ1v) is 7.69. The van der Waals surface area contributed by atoms with Crippen molar-refractivity contribution in [3.63, 3.8) is 0 Å². The van der Waals surface area contributed by atoms with Crippen LogP contribution in [-0.2, 0) is 6.54 Å². The second-order valence-electron chi connectivity index (χ2n) is 4.68. The summed E-state index contributed by atoms with van der Waals surface area (Å²) in [5.41, 5.74) is 5.82. The van der Waals surface area contributed by atoms with Gasteiger partial charge in [0.05, 0.1) is 22.4 Å². The summed E-state index contributed by atoms with van der Waals surface area (Å²) in [5.74, 6) is 5.78. The summed E-state index contributed by atoms with van der Waals surface area (Å²) < 4.78 is 2.87. The maximum atomic E-state index is 6.42. The average molecular weight is 358 g/mol. The van der Waals surface area contributed by atoms with E-state index in [1.165, 1.54) is 0 Å². The molecule has 1 aromatic heterocycles. The van der Waals surface area contributed by atoms with Crippen LogP contribution in [0.25, 0.3) is 0 Å².